The molecule has 2 rings (SSSR count). The number of nitrogens with zero attached hydrogens (tertiary/aromatic N) is 2. The number of carbonyl (C=O) groups excluding carboxylic acids is 1. The van der Waals surface area contributed by atoms with Gasteiger partial charge in [-0.05, 0) is 25.5 Å². The van der Waals surface area contributed by atoms with Crippen LogP contribution in [0.1, 0.15) is 19.8 Å². The van der Waals surface area contributed by atoms with Gasteiger partial charge >= 0.3 is 12.2 Å². The average Bonchev–Trinajstić information content (AvgIpc) is 2.46. The molecule has 0 aliphatic carbocycles. The van der Waals surface area contributed by atoms with Crippen molar-refractivity contribution in [3.63, 3.8) is 0 Å². The fraction of sp³-hybridized carbons (Fsp3) is 0.923. The molecular weight excluding hydrogens is 303 g/mol. The standard InChI is InChI=1S/C13H22F3N3OS/c1-10(13(14,15)16)18-4-6-19(7-5-18)12(20)17-11-3-2-8-21-9-11/h10-11H,2-9H2,1H3,(H,17,20)/t10-,11-/m0/s1. The summed E-state index contributed by atoms with van der Waals surface area (Å²) in [6.45, 7) is 2.42. The summed E-state index contributed by atoms with van der Waals surface area (Å²) in [4.78, 5) is 15.1. The summed E-state index contributed by atoms with van der Waals surface area (Å²) >= 11 is 1.83. The fourth-order valence-corrected chi connectivity index (χ4v) is 3.71. The van der Waals surface area contributed by atoms with Crippen LogP contribution in [0.3, 0.4) is 0 Å². The largest absolute Gasteiger partial charge is 0.403 e. The van der Waals surface area contributed by atoms with E-state index in [1.54, 1.807) is 4.90 Å². The third-order valence-electron chi connectivity index (χ3n) is 4.11. The van der Waals surface area contributed by atoms with Crippen molar-refractivity contribution in [1.29, 1.82) is 0 Å². The van der Waals surface area contributed by atoms with Gasteiger partial charge < -0.3 is 10.2 Å². The Hall–Kier alpha value is -0.630. The second-order valence-corrected chi connectivity index (χ2v) is 6.75. The SMILES string of the molecule is C[C@H](N1CCN(C(=O)N[C@H]2CCCSC2)CC1)C(F)(F)F. The highest BCUT2D eigenvalue weighted by molar-refractivity contribution is 7.99. The Bertz CT molecular complexity index is 353. The van der Waals surface area contributed by atoms with Gasteiger partial charge in [-0.25, -0.2) is 4.79 Å². The molecule has 2 amide bonds. The van der Waals surface area contributed by atoms with Crippen molar-refractivity contribution in [1.82, 2.24) is 15.1 Å². The smallest absolute Gasteiger partial charge is 0.334 e. The van der Waals surface area contributed by atoms with E-state index in [1.807, 2.05) is 11.8 Å². The molecule has 2 saturated heterocycles. The van der Waals surface area contributed by atoms with Crippen LogP contribution in [0.15, 0.2) is 0 Å². The van der Waals surface area contributed by atoms with E-state index in [0.29, 0.717) is 13.1 Å². The summed E-state index contributed by atoms with van der Waals surface area (Å²) in [7, 11) is 0. The van der Waals surface area contributed by atoms with Crippen LogP contribution in [0.25, 0.3) is 0 Å². The number of carbonyl (C=O) groups is 1. The maximum atomic E-state index is 12.7. The summed E-state index contributed by atoms with van der Waals surface area (Å²) < 4.78 is 38.0. The average molecular weight is 325 g/mol. The van der Waals surface area contributed by atoms with Crippen molar-refractivity contribution >= 4 is 17.8 Å². The second-order valence-electron chi connectivity index (χ2n) is 5.60. The van der Waals surface area contributed by atoms with Crippen LogP contribution in [-0.2, 0) is 0 Å². The van der Waals surface area contributed by atoms with Gasteiger partial charge in [-0.15, -0.1) is 0 Å². The van der Waals surface area contributed by atoms with Gasteiger partial charge in [0.1, 0.15) is 6.04 Å². The summed E-state index contributed by atoms with van der Waals surface area (Å²) in [5, 5.41) is 2.99. The molecule has 0 unspecified atom stereocenters. The number of urea groups is 1. The quantitative estimate of drug-likeness (QED) is 0.845. The molecule has 2 atom stereocenters. The first-order valence-corrected chi connectivity index (χ1v) is 8.47. The molecule has 0 saturated carbocycles. The third kappa shape index (κ3) is 4.67. The number of hydrogen-bond acceptors (Lipinski definition) is 3. The van der Waals surface area contributed by atoms with Crippen molar-refractivity contribution in [3.8, 4) is 0 Å². The van der Waals surface area contributed by atoms with Gasteiger partial charge in [0.25, 0.3) is 0 Å². The highest BCUT2D eigenvalue weighted by atomic mass is 32.2. The van der Waals surface area contributed by atoms with Gasteiger partial charge in [-0.2, -0.15) is 24.9 Å². The van der Waals surface area contributed by atoms with Crippen LogP contribution in [0.5, 0.6) is 0 Å². The predicted octanol–water partition coefficient (Wildman–Crippen LogP) is 2.16. The van der Waals surface area contributed by atoms with Crippen LogP contribution in [0.4, 0.5) is 18.0 Å². The molecule has 21 heavy (non-hydrogen) atoms. The van der Waals surface area contributed by atoms with Crippen LogP contribution in [-0.4, -0.2) is 71.8 Å². The molecule has 0 bridgehead atoms. The van der Waals surface area contributed by atoms with Gasteiger partial charge in [-0.1, -0.05) is 0 Å². The number of nitrogens with one attached hydrogen (secondary N) is 1. The van der Waals surface area contributed by atoms with E-state index in [-0.39, 0.29) is 25.2 Å². The zero-order valence-electron chi connectivity index (χ0n) is 12.2. The molecule has 122 valence electrons. The molecule has 2 fully saturated rings. The normalized spacial score (nSPS) is 26.5. The third-order valence-corrected chi connectivity index (χ3v) is 5.33. The molecule has 2 aliphatic rings. The van der Waals surface area contributed by atoms with E-state index in [4.69, 9.17) is 0 Å². The number of amides is 2. The molecular formula is C13H22F3N3OS. The first-order chi connectivity index (χ1) is 9.88. The minimum Gasteiger partial charge on any atom is -0.334 e. The number of hydrogen-bond donors (Lipinski definition) is 1. The second kappa shape index (κ2) is 7.09. The molecule has 0 radical (unpaired) electrons. The number of thioether (sulfide) groups is 1. The van der Waals surface area contributed by atoms with Crippen molar-refractivity contribution in [2.45, 2.75) is 38.0 Å². The van der Waals surface area contributed by atoms with E-state index in [1.165, 1.54) is 11.8 Å². The van der Waals surface area contributed by atoms with Gasteiger partial charge in [0.05, 0.1) is 0 Å². The number of alkyl halides is 3. The first kappa shape index (κ1) is 16.7. The number of piperazine rings is 1. The summed E-state index contributed by atoms with van der Waals surface area (Å²) in [5.74, 6) is 2.07. The molecule has 0 aromatic carbocycles. The van der Waals surface area contributed by atoms with Gasteiger partial charge in [-0.3, -0.25) is 4.90 Å². The van der Waals surface area contributed by atoms with Gasteiger partial charge in [0.15, 0.2) is 0 Å². The molecule has 4 nitrogen and oxygen atoms in total. The van der Waals surface area contributed by atoms with Crippen LogP contribution < -0.4 is 5.32 Å². The molecule has 0 spiro atoms. The molecule has 2 heterocycles. The Morgan fingerprint density at radius 3 is 2.48 bits per heavy atom. The summed E-state index contributed by atoms with van der Waals surface area (Å²) in [5.41, 5.74) is 0. The zero-order chi connectivity index (χ0) is 15.5. The minimum absolute atomic E-state index is 0.137. The minimum atomic E-state index is -4.20. The Morgan fingerprint density at radius 2 is 1.95 bits per heavy atom. The molecule has 8 heteroatoms. The van der Waals surface area contributed by atoms with Crippen molar-refractivity contribution in [2.24, 2.45) is 0 Å². The highest BCUT2D eigenvalue weighted by Crippen LogP contribution is 2.25. The lowest BCUT2D eigenvalue weighted by Gasteiger charge is -2.39. The van der Waals surface area contributed by atoms with E-state index in [9.17, 15) is 18.0 Å². The summed E-state index contributed by atoms with van der Waals surface area (Å²) in [6, 6.07) is -1.39. The highest BCUT2D eigenvalue weighted by Gasteiger charge is 2.41. The maximum absolute atomic E-state index is 12.7. The lowest BCUT2D eigenvalue weighted by molar-refractivity contribution is -0.181. The Balaban J connectivity index is 1.76. The van der Waals surface area contributed by atoms with Crippen molar-refractivity contribution in [2.75, 3.05) is 37.7 Å². The first-order valence-electron chi connectivity index (χ1n) is 7.32. The van der Waals surface area contributed by atoms with E-state index in [0.717, 1.165) is 24.3 Å². The molecule has 0 aromatic rings. The lowest BCUT2D eigenvalue weighted by atomic mass is 10.2. The Kier molecular flexibility index (Phi) is 5.65. The maximum Gasteiger partial charge on any atom is 0.403 e. The Labute approximate surface area is 127 Å². The topological polar surface area (TPSA) is 35.6 Å². The number of halogens is 3. The molecule has 0 aromatic heterocycles. The van der Waals surface area contributed by atoms with Crippen LogP contribution in [0.2, 0.25) is 0 Å². The lowest BCUT2D eigenvalue weighted by Crippen LogP contribution is -2.57. The molecule has 2 aliphatic heterocycles. The van der Waals surface area contributed by atoms with Gasteiger partial charge in [0.2, 0.25) is 0 Å². The van der Waals surface area contributed by atoms with Crippen LogP contribution >= 0.6 is 11.8 Å². The predicted molar refractivity (Wildman–Crippen MR) is 77.5 cm³/mol. The monoisotopic (exact) mass is 325 g/mol. The summed E-state index contributed by atoms with van der Waals surface area (Å²) in [6.07, 6.45) is -2.11. The van der Waals surface area contributed by atoms with Gasteiger partial charge in [0, 0.05) is 38.0 Å². The van der Waals surface area contributed by atoms with Crippen LogP contribution in [0, 0.1) is 0 Å². The van der Waals surface area contributed by atoms with E-state index in [2.05, 4.69) is 5.32 Å². The number of rotatable bonds is 2. The zero-order valence-corrected chi connectivity index (χ0v) is 13.0. The van der Waals surface area contributed by atoms with Crippen molar-refractivity contribution in [3.05, 3.63) is 0 Å². The van der Waals surface area contributed by atoms with Crippen molar-refractivity contribution < 1.29 is 18.0 Å². The Morgan fingerprint density at radius 1 is 1.29 bits per heavy atom. The fourth-order valence-electron chi connectivity index (χ4n) is 2.64. The molecule has 1 N–H and O–H groups in total. The van der Waals surface area contributed by atoms with E-state index < -0.39 is 12.2 Å². The van der Waals surface area contributed by atoms with E-state index >= 15 is 0 Å².